The van der Waals surface area contributed by atoms with Gasteiger partial charge in [0.1, 0.15) is 0 Å². The summed E-state index contributed by atoms with van der Waals surface area (Å²) >= 11 is 0. The minimum atomic E-state index is 1.02. The van der Waals surface area contributed by atoms with Crippen LogP contribution in [-0.4, -0.2) is 13.8 Å². The van der Waals surface area contributed by atoms with Crippen LogP contribution < -0.4 is 5.84 Å². The van der Waals surface area contributed by atoms with Crippen molar-refractivity contribution < 1.29 is 0 Å². The van der Waals surface area contributed by atoms with Gasteiger partial charge in [-0.3, -0.25) is 4.68 Å². The van der Waals surface area contributed by atoms with Crippen LogP contribution in [-0.2, 0) is 0 Å². The van der Waals surface area contributed by atoms with E-state index in [1.54, 1.807) is 0 Å². The average Bonchev–Trinajstić information content (AvgIpc) is 3.83. The fraction of sp³-hybridized carbons (Fsp3) is 0. The topological polar surface area (TPSA) is 40.8 Å². The molecule has 3 heterocycles. The van der Waals surface area contributed by atoms with Gasteiger partial charge in [0.2, 0.25) is 0 Å². The Morgan fingerprint density at radius 2 is 0.692 bits per heavy atom. The Hall–Kier alpha value is -7.04. The molecule has 11 rings (SSSR count). The highest BCUT2D eigenvalue weighted by molar-refractivity contribution is 6.18. The molecule has 0 radical (unpaired) electrons. The van der Waals surface area contributed by atoms with Crippen LogP contribution in [0.5, 0.6) is 0 Å². The molecule has 2 N–H and O–H groups in total. The van der Waals surface area contributed by atoms with Gasteiger partial charge in [0.15, 0.2) is 0 Å². The molecule has 244 valence electrons. The number of aromatic nitrogens is 3. The molecule has 0 bridgehead atoms. The number of nitrogens with two attached hydrogens (primary N) is 1. The third kappa shape index (κ3) is 4.03. The summed E-state index contributed by atoms with van der Waals surface area (Å²) < 4.78 is 6.66. The highest BCUT2D eigenvalue weighted by Crippen LogP contribution is 2.42. The summed E-state index contributed by atoms with van der Waals surface area (Å²) in [5, 5.41) is 7.22. The Morgan fingerprint density at radius 3 is 1.15 bits per heavy atom. The van der Waals surface area contributed by atoms with Crippen molar-refractivity contribution in [3.8, 4) is 33.6 Å². The molecule has 0 saturated carbocycles. The van der Waals surface area contributed by atoms with Gasteiger partial charge < -0.3 is 15.0 Å². The molecule has 11 aromatic rings. The Bertz CT molecular complexity index is 2970. The van der Waals surface area contributed by atoms with Crippen LogP contribution in [0.15, 0.2) is 182 Å². The van der Waals surface area contributed by atoms with Gasteiger partial charge >= 0.3 is 0 Å². The first-order valence-electron chi connectivity index (χ1n) is 17.7. The molecule has 0 spiro atoms. The number of nitrogens with zero attached hydrogens (tertiary/aromatic N) is 3. The van der Waals surface area contributed by atoms with E-state index in [4.69, 9.17) is 5.84 Å². The molecule has 8 aromatic carbocycles. The molecule has 0 aliphatic rings. The molecule has 0 aliphatic carbocycles. The van der Waals surface area contributed by atoms with Crippen LogP contribution in [0.25, 0.3) is 99.0 Å². The van der Waals surface area contributed by atoms with Gasteiger partial charge in [0.05, 0.1) is 33.1 Å². The van der Waals surface area contributed by atoms with Crippen LogP contribution in [0.3, 0.4) is 0 Å². The van der Waals surface area contributed by atoms with E-state index < -0.39 is 0 Å². The van der Waals surface area contributed by atoms with Gasteiger partial charge in [-0.25, -0.2) is 0 Å². The standard InChI is InChI=1S/C48H32N4/c49-52-47-35(31-25-27-39-37-17-7-9-23-43(37)50(45(39)29-31)33-13-3-1-4-14-33)19-11-21-41(47)42-22-12-20-36(48(42)52)32-26-28-40-38-18-8-10-24-44(38)51(46(40)30-32)34-15-5-2-6-16-34/h1-30H,49H2. The monoisotopic (exact) mass is 664 g/mol. The molecule has 4 nitrogen and oxygen atoms in total. The molecule has 0 saturated heterocycles. The number of nitrogen functional groups attached to an aromatic ring is 1. The summed E-state index contributed by atoms with van der Waals surface area (Å²) in [6, 6.07) is 65.3. The van der Waals surface area contributed by atoms with Gasteiger partial charge in [-0.2, -0.15) is 0 Å². The summed E-state index contributed by atoms with van der Waals surface area (Å²) in [4.78, 5) is 0. The Kier molecular flexibility index (Phi) is 6.07. The van der Waals surface area contributed by atoms with Crippen molar-refractivity contribution in [2.45, 2.75) is 0 Å². The third-order valence-electron chi connectivity index (χ3n) is 10.8. The minimum Gasteiger partial charge on any atom is -0.339 e. The number of para-hydroxylation sites is 6. The second-order valence-corrected chi connectivity index (χ2v) is 13.6. The molecule has 52 heavy (non-hydrogen) atoms. The SMILES string of the molecule is Nn1c2c(-c3ccc4c5ccccc5n(-c5ccccc5)c4c3)cccc2c2cccc(-c3ccc4c5ccccc5n(-c5ccccc5)c4c3)c21. The molecular weight excluding hydrogens is 633 g/mol. The fourth-order valence-electron chi connectivity index (χ4n) is 8.61. The van der Waals surface area contributed by atoms with Gasteiger partial charge in [0, 0.05) is 54.8 Å². The predicted octanol–water partition coefficient (Wildman–Crippen LogP) is 12.0. The zero-order valence-corrected chi connectivity index (χ0v) is 28.2. The van der Waals surface area contributed by atoms with E-state index in [0.29, 0.717) is 0 Å². The quantitative estimate of drug-likeness (QED) is 0.187. The maximum atomic E-state index is 7.25. The van der Waals surface area contributed by atoms with E-state index in [9.17, 15) is 0 Å². The molecule has 3 aromatic heterocycles. The summed E-state index contributed by atoms with van der Waals surface area (Å²) in [5.41, 5.74) is 13.5. The molecule has 0 atom stereocenters. The molecule has 0 fully saturated rings. The molecular formula is C48H32N4. The van der Waals surface area contributed by atoms with Crippen molar-refractivity contribution >= 4 is 65.4 Å². The van der Waals surface area contributed by atoms with Crippen molar-refractivity contribution in [1.29, 1.82) is 0 Å². The summed E-state index contributed by atoms with van der Waals surface area (Å²) in [5.74, 6) is 7.25. The van der Waals surface area contributed by atoms with E-state index in [1.807, 2.05) is 4.68 Å². The normalized spacial score (nSPS) is 11.9. The van der Waals surface area contributed by atoms with Gasteiger partial charge in [-0.05, 0) is 59.7 Å². The lowest BCUT2D eigenvalue weighted by Gasteiger charge is -2.11. The average molecular weight is 665 g/mol. The Labute approximate surface area is 299 Å². The second kappa shape index (κ2) is 11.0. The predicted molar refractivity (Wildman–Crippen MR) is 219 cm³/mol. The van der Waals surface area contributed by atoms with Crippen molar-refractivity contribution in [3.63, 3.8) is 0 Å². The number of rotatable bonds is 4. The first kappa shape index (κ1) is 28.8. The highest BCUT2D eigenvalue weighted by atomic mass is 15.3. The maximum Gasteiger partial charge on any atom is 0.0782 e. The van der Waals surface area contributed by atoms with Crippen molar-refractivity contribution in [1.82, 2.24) is 13.8 Å². The lowest BCUT2D eigenvalue weighted by atomic mass is 9.99. The fourth-order valence-corrected chi connectivity index (χ4v) is 8.61. The number of hydrogen-bond donors (Lipinski definition) is 1. The van der Waals surface area contributed by atoms with Crippen molar-refractivity contribution in [2.24, 2.45) is 0 Å². The Balaban J connectivity index is 1.14. The summed E-state index contributed by atoms with van der Waals surface area (Å²) in [6.45, 7) is 0. The summed E-state index contributed by atoms with van der Waals surface area (Å²) in [7, 11) is 0. The largest absolute Gasteiger partial charge is 0.339 e. The zero-order chi connectivity index (χ0) is 34.3. The van der Waals surface area contributed by atoms with Crippen LogP contribution in [0.2, 0.25) is 0 Å². The summed E-state index contributed by atoms with van der Waals surface area (Å²) in [6.07, 6.45) is 0. The second-order valence-electron chi connectivity index (χ2n) is 13.6. The Morgan fingerprint density at radius 1 is 0.308 bits per heavy atom. The smallest absolute Gasteiger partial charge is 0.0782 e. The highest BCUT2D eigenvalue weighted by Gasteiger charge is 2.20. The van der Waals surface area contributed by atoms with Crippen LogP contribution in [0.4, 0.5) is 0 Å². The van der Waals surface area contributed by atoms with Crippen LogP contribution in [0.1, 0.15) is 0 Å². The molecule has 4 heteroatoms. The van der Waals surface area contributed by atoms with Crippen LogP contribution >= 0.6 is 0 Å². The van der Waals surface area contributed by atoms with E-state index in [-0.39, 0.29) is 0 Å². The molecule has 0 aliphatic heterocycles. The molecule has 0 amide bonds. The van der Waals surface area contributed by atoms with E-state index >= 15 is 0 Å². The van der Waals surface area contributed by atoms with Crippen molar-refractivity contribution in [2.75, 3.05) is 5.84 Å². The number of benzene rings is 8. The van der Waals surface area contributed by atoms with Crippen molar-refractivity contribution in [3.05, 3.63) is 182 Å². The number of hydrogen-bond acceptors (Lipinski definition) is 1. The van der Waals surface area contributed by atoms with E-state index in [2.05, 4.69) is 191 Å². The van der Waals surface area contributed by atoms with Gasteiger partial charge in [0.25, 0.3) is 0 Å². The first-order valence-corrected chi connectivity index (χ1v) is 17.7. The lowest BCUT2D eigenvalue weighted by molar-refractivity contribution is 1.12. The lowest BCUT2D eigenvalue weighted by Crippen LogP contribution is -2.08. The van der Waals surface area contributed by atoms with E-state index in [1.165, 1.54) is 43.6 Å². The zero-order valence-electron chi connectivity index (χ0n) is 28.2. The maximum absolute atomic E-state index is 7.25. The number of fused-ring (bicyclic) bond motifs is 9. The first-order chi connectivity index (χ1) is 25.7. The minimum absolute atomic E-state index is 1.02. The van der Waals surface area contributed by atoms with Gasteiger partial charge in [-0.1, -0.05) is 133 Å². The van der Waals surface area contributed by atoms with Gasteiger partial charge in [-0.15, -0.1) is 0 Å². The van der Waals surface area contributed by atoms with E-state index in [0.717, 1.165) is 55.4 Å². The third-order valence-corrected chi connectivity index (χ3v) is 10.8. The van der Waals surface area contributed by atoms with Crippen LogP contribution in [0, 0.1) is 0 Å². The molecule has 0 unspecified atom stereocenters.